The van der Waals surface area contributed by atoms with Gasteiger partial charge in [-0.25, -0.2) is 9.38 Å². The third-order valence-electron chi connectivity index (χ3n) is 3.80. The molecule has 0 atom stereocenters. The number of nitrogens with zero attached hydrogens (tertiary/aromatic N) is 1. The fourth-order valence-electron chi connectivity index (χ4n) is 2.68. The number of nitrogens with one attached hydrogen (secondary N) is 1. The molecule has 4 heteroatoms. The van der Waals surface area contributed by atoms with Crippen LogP contribution in [0.2, 0.25) is 5.02 Å². The first-order chi connectivity index (χ1) is 11.2. The second-order valence-corrected chi connectivity index (χ2v) is 5.68. The Labute approximate surface area is 138 Å². The van der Waals surface area contributed by atoms with Crippen molar-refractivity contribution in [2.24, 2.45) is 4.99 Å². The van der Waals surface area contributed by atoms with Crippen LogP contribution in [0.5, 0.6) is 0 Å². The summed E-state index contributed by atoms with van der Waals surface area (Å²) in [6.07, 6.45) is 0. The fraction of sp³-hybridized carbons (Fsp3) is 0. The van der Waals surface area contributed by atoms with E-state index in [1.54, 1.807) is 12.1 Å². The van der Waals surface area contributed by atoms with Gasteiger partial charge in [-0.1, -0.05) is 48.0 Å². The quantitative estimate of drug-likeness (QED) is 0.615. The predicted octanol–water partition coefficient (Wildman–Crippen LogP) is 5.65. The van der Waals surface area contributed by atoms with E-state index in [9.17, 15) is 4.39 Å². The number of anilines is 1. The number of para-hydroxylation sites is 2. The van der Waals surface area contributed by atoms with Crippen molar-refractivity contribution in [3.8, 4) is 11.1 Å². The molecule has 0 bridgehead atoms. The Morgan fingerprint density at radius 3 is 2.43 bits per heavy atom. The summed E-state index contributed by atoms with van der Waals surface area (Å²) in [6.45, 7) is 0. The molecule has 0 aliphatic carbocycles. The summed E-state index contributed by atoms with van der Waals surface area (Å²) in [4.78, 5) is 4.72. The molecule has 0 spiro atoms. The van der Waals surface area contributed by atoms with E-state index in [1.165, 1.54) is 6.07 Å². The highest BCUT2D eigenvalue weighted by Crippen LogP contribution is 2.38. The highest BCUT2D eigenvalue weighted by Gasteiger charge is 2.16. The van der Waals surface area contributed by atoms with Gasteiger partial charge >= 0.3 is 0 Å². The van der Waals surface area contributed by atoms with Gasteiger partial charge in [-0.2, -0.15) is 0 Å². The zero-order valence-corrected chi connectivity index (χ0v) is 12.8. The molecule has 3 aromatic rings. The van der Waals surface area contributed by atoms with Gasteiger partial charge in [0.25, 0.3) is 0 Å². The normalized spacial score (nSPS) is 12.5. The number of fused-ring (bicyclic) bond motifs is 3. The van der Waals surface area contributed by atoms with Crippen molar-refractivity contribution in [2.45, 2.75) is 0 Å². The first-order valence-electron chi connectivity index (χ1n) is 7.22. The van der Waals surface area contributed by atoms with Crippen molar-refractivity contribution in [1.82, 2.24) is 0 Å². The molecular weight excluding hydrogens is 311 g/mol. The lowest BCUT2D eigenvalue weighted by molar-refractivity contribution is 0.628. The molecule has 1 aliphatic rings. The summed E-state index contributed by atoms with van der Waals surface area (Å²) >= 11 is 5.92. The van der Waals surface area contributed by atoms with Gasteiger partial charge < -0.3 is 5.32 Å². The Balaban J connectivity index is 1.93. The second-order valence-electron chi connectivity index (χ2n) is 5.28. The van der Waals surface area contributed by atoms with Crippen molar-refractivity contribution in [2.75, 3.05) is 5.32 Å². The van der Waals surface area contributed by atoms with Crippen LogP contribution in [0.25, 0.3) is 11.1 Å². The first-order valence-corrected chi connectivity index (χ1v) is 7.60. The molecule has 0 unspecified atom stereocenters. The lowest BCUT2D eigenvalue weighted by Gasteiger charge is -2.11. The standard InChI is InChI=1S/C19H12ClFN2/c20-15-11-12(9-10-16(15)21)19-22-17-7-3-1-5-13(17)14-6-2-4-8-18(14)23-19/h1-11H,(H,22,23). The highest BCUT2D eigenvalue weighted by atomic mass is 35.5. The van der Waals surface area contributed by atoms with E-state index in [0.29, 0.717) is 5.84 Å². The van der Waals surface area contributed by atoms with Crippen LogP contribution in [0, 0.1) is 5.82 Å². The van der Waals surface area contributed by atoms with Gasteiger partial charge in [0.1, 0.15) is 11.7 Å². The molecular formula is C19H12ClFN2. The van der Waals surface area contributed by atoms with E-state index in [0.717, 1.165) is 28.1 Å². The third-order valence-corrected chi connectivity index (χ3v) is 4.09. The third kappa shape index (κ3) is 2.49. The van der Waals surface area contributed by atoms with Crippen LogP contribution >= 0.6 is 11.6 Å². The zero-order chi connectivity index (χ0) is 15.8. The number of hydrogen-bond acceptors (Lipinski definition) is 2. The molecule has 0 fully saturated rings. The van der Waals surface area contributed by atoms with E-state index in [4.69, 9.17) is 16.6 Å². The van der Waals surface area contributed by atoms with Crippen LogP contribution in [0.4, 0.5) is 15.8 Å². The average molecular weight is 323 g/mol. The van der Waals surface area contributed by atoms with Gasteiger partial charge in [0.15, 0.2) is 0 Å². The molecule has 3 aromatic carbocycles. The number of amidine groups is 1. The Morgan fingerprint density at radius 1 is 0.870 bits per heavy atom. The molecule has 0 saturated heterocycles. The van der Waals surface area contributed by atoms with Crippen LogP contribution in [0.3, 0.4) is 0 Å². The van der Waals surface area contributed by atoms with Crippen molar-refractivity contribution in [3.63, 3.8) is 0 Å². The van der Waals surface area contributed by atoms with Crippen LogP contribution in [-0.2, 0) is 0 Å². The average Bonchev–Trinajstić information content (AvgIpc) is 2.74. The molecule has 112 valence electrons. The largest absolute Gasteiger partial charge is 0.339 e. The first kappa shape index (κ1) is 14.0. The van der Waals surface area contributed by atoms with Crippen LogP contribution in [-0.4, -0.2) is 5.84 Å². The summed E-state index contributed by atoms with van der Waals surface area (Å²) < 4.78 is 13.4. The van der Waals surface area contributed by atoms with Crippen LogP contribution in [0.1, 0.15) is 5.56 Å². The number of hydrogen-bond donors (Lipinski definition) is 1. The molecule has 0 aromatic heterocycles. The maximum absolute atomic E-state index is 13.4. The molecule has 4 rings (SSSR count). The predicted molar refractivity (Wildman–Crippen MR) is 93.1 cm³/mol. The summed E-state index contributed by atoms with van der Waals surface area (Å²) in [6, 6.07) is 20.6. The lowest BCUT2D eigenvalue weighted by Crippen LogP contribution is -2.13. The Hall–Kier alpha value is -2.65. The van der Waals surface area contributed by atoms with Gasteiger partial charge in [-0.05, 0) is 30.3 Å². The van der Waals surface area contributed by atoms with Crippen LogP contribution in [0.15, 0.2) is 71.7 Å². The molecule has 1 heterocycles. The van der Waals surface area contributed by atoms with Crippen molar-refractivity contribution in [3.05, 3.63) is 83.1 Å². The fourth-order valence-corrected chi connectivity index (χ4v) is 2.86. The summed E-state index contributed by atoms with van der Waals surface area (Å²) in [5, 5.41) is 3.42. The number of benzene rings is 3. The second kappa shape index (κ2) is 5.52. The lowest BCUT2D eigenvalue weighted by atomic mass is 10.0. The Kier molecular flexibility index (Phi) is 3.36. The monoisotopic (exact) mass is 322 g/mol. The molecule has 0 radical (unpaired) electrons. The highest BCUT2D eigenvalue weighted by molar-refractivity contribution is 6.31. The van der Waals surface area contributed by atoms with Crippen LogP contribution < -0.4 is 5.32 Å². The van der Waals surface area contributed by atoms with Gasteiger partial charge in [0.05, 0.1) is 10.7 Å². The van der Waals surface area contributed by atoms with E-state index in [-0.39, 0.29) is 5.02 Å². The minimum atomic E-state index is -0.439. The maximum Gasteiger partial charge on any atom is 0.141 e. The van der Waals surface area contributed by atoms with Gasteiger partial charge in [0, 0.05) is 22.4 Å². The minimum absolute atomic E-state index is 0.0813. The topological polar surface area (TPSA) is 24.4 Å². The Morgan fingerprint density at radius 2 is 1.61 bits per heavy atom. The molecule has 23 heavy (non-hydrogen) atoms. The van der Waals surface area contributed by atoms with Gasteiger partial charge in [-0.15, -0.1) is 0 Å². The molecule has 2 nitrogen and oxygen atoms in total. The minimum Gasteiger partial charge on any atom is -0.339 e. The summed E-state index contributed by atoms with van der Waals surface area (Å²) in [5.74, 6) is 0.203. The maximum atomic E-state index is 13.4. The molecule has 0 saturated carbocycles. The molecule has 0 amide bonds. The Bertz CT molecular complexity index is 934. The smallest absolute Gasteiger partial charge is 0.141 e. The van der Waals surface area contributed by atoms with Gasteiger partial charge in [0.2, 0.25) is 0 Å². The molecule has 1 N–H and O–H groups in total. The van der Waals surface area contributed by atoms with Gasteiger partial charge in [-0.3, -0.25) is 0 Å². The molecule has 1 aliphatic heterocycles. The van der Waals surface area contributed by atoms with E-state index in [1.807, 2.05) is 42.5 Å². The number of halogens is 2. The van der Waals surface area contributed by atoms with Crippen molar-refractivity contribution < 1.29 is 4.39 Å². The van der Waals surface area contributed by atoms with Crippen molar-refractivity contribution in [1.29, 1.82) is 0 Å². The van der Waals surface area contributed by atoms with E-state index >= 15 is 0 Å². The summed E-state index contributed by atoms with van der Waals surface area (Å²) in [5.41, 5.74) is 4.69. The number of rotatable bonds is 1. The van der Waals surface area contributed by atoms with Crippen molar-refractivity contribution >= 4 is 28.8 Å². The zero-order valence-electron chi connectivity index (χ0n) is 12.1. The SMILES string of the molecule is Fc1ccc(C2=Nc3ccccc3-c3ccccc3N2)cc1Cl. The van der Waals surface area contributed by atoms with E-state index in [2.05, 4.69) is 11.4 Å². The summed E-state index contributed by atoms with van der Waals surface area (Å²) in [7, 11) is 0. The van der Waals surface area contributed by atoms with E-state index < -0.39 is 5.82 Å². The number of aliphatic imine (C=N–C) groups is 1.